The van der Waals surface area contributed by atoms with Crippen molar-refractivity contribution < 1.29 is 18.7 Å². The van der Waals surface area contributed by atoms with Crippen LogP contribution in [0.5, 0.6) is 11.5 Å². The number of hydrogen-bond donors (Lipinski definition) is 1. The summed E-state index contributed by atoms with van der Waals surface area (Å²) in [5, 5.41) is 4.54. The highest BCUT2D eigenvalue weighted by molar-refractivity contribution is 9.10. The summed E-state index contributed by atoms with van der Waals surface area (Å²) >= 11 is 9.29. The molecule has 0 bridgehead atoms. The van der Waals surface area contributed by atoms with Crippen molar-refractivity contribution in [2.45, 2.75) is 13.5 Å². The number of hydrogen-bond acceptors (Lipinski definition) is 4. The fraction of sp³-hybridized carbons (Fsp3) is 0.130. The summed E-state index contributed by atoms with van der Waals surface area (Å²) in [5.41, 5.74) is 4.01. The van der Waals surface area contributed by atoms with Crippen molar-refractivity contribution in [3.8, 4) is 11.5 Å². The second kappa shape index (κ2) is 10.9. The molecular weight excluding hydrogens is 487 g/mol. The SMILES string of the molecule is CCOc1cc(/C=N\NC(=O)c2ccc(Cl)cc2)cc(Br)c1OCc1ccccc1F. The van der Waals surface area contributed by atoms with Crippen LogP contribution in [-0.2, 0) is 6.61 Å². The molecule has 160 valence electrons. The van der Waals surface area contributed by atoms with Gasteiger partial charge in [-0.25, -0.2) is 9.82 Å². The Labute approximate surface area is 193 Å². The van der Waals surface area contributed by atoms with Gasteiger partial charge in [-0.05, 0) is 70.9 Å². The minimum Gasteiger partial charge on any atom is -0.490 e. The standard InChI is InChI=1S/C23H19BrClFN2O3/c1-2-30-21-12-15(13-27-28-23(29)16-7-9-18(25)10-8-16)11-19(24)22(21)31-14-17-5-3-4-6-20(17)26/h3-13H,2,14H2,1H3,(H,28,29)/b27-13-. The van der Waals surface area contributed by atoms with Gasteiger partial charge in [-0.3, -0.25) is 4.79 Å². The predicted molar refractivity (Wildman–Crippen MR) is 123 cm³/mol. The fourth-order valence-electron chi connectivity index (χ4n) is 2.66. The maximum absolute atomic E-state index is 13.9. The van der Waals surface area contributed by atoms with E-state index in [-0.39, 0.29) is 18.3 Å². The Morgan fingerprint density at radius 3 is 2.61 bits per heavy atom. The number of halogens is 3. The summed E-state index contributed by atoms with van der Waals surface area (Å²) in [7, 11) is 0. The molecule has 0 saturated carbocycles. The molecule has 0 radical (unpaired) electrons. The van der Waals surface area contributed by atoms with E-state index in [2.05, 4.69) is 26.5 Å². The molecule has 0 aromatic heterocycles. The van der Waals surface area contributed by atoms with E-state index in [1.165, 1.54) is 12.3 Å². The first kappa shape index (κ1) is 22.8. The normalized spacial score (nSPS) is 10.8. The van der Waals surface area contributed by atoms with Gasteiger partial charge in [0.05, 0.1) is 17.3 Å². The van der Waals surface area contributed by atoms with E-state index in [1.54, 1.807) is 54.6 Å². The van der Waals surface area contributed by atoms with Crippen molar-refractivity contribution in [2.75, 3.05) is 6.61 Å². The maximum atomic E-state index is 13.9. The molecule has 31 heavy (non-hydrogen) atoms. The molecule has 0 aliphatic rings. The second-order valence-electron chi connectivity index (χ2n) is 6.35. The summed E-state index contributed by atoms with van der Waals surface area (Å²) in [6.45, 7) is 2.31. The van der Waals surface area contributed by atoms with Gasteiger partial charge in [0.25, 0.3) is 5.91 Å². The first-order chi connectivity index (χ1) is 15.0. The van der Waals surface area contributed by atoms with Crippen molar-refractivity contribution in [3.63, 3.8) is 0 Å². The lowest BCUT2D eigenvalue weighted by Crippen LogP contribution is -2.17. The summed E-state index contributed by atoms with van der Waals surface area (Å²) < 4.78 is 26.0. The molecule has 3 aromatic rings. The molecule has 0 aliphatic heterocycles. The lowest BCUT2D eigenvalue weighted by molar-refractivity contribution is 0.0955. The first-order valence-corrected chi connectivity index (χ1v) is 10.6. The Morgan fingerprint density at radius 1 is 1.16 bits per heavy atom. The molecule has 0 aliphatic carbocycles. The van der Waals surface area contributed by atoms with Crippen LogP contribution in [0.15, 0.2) is 70.2 Å². The lowest BCUT2D eigenvalue weighted by Gasteiger charge is -2.15. The van der Waals surface area contributed by atoms with Gasteiger partial charge in [-0.1, -0.05) is 29.8 Å². The Bertz CT molecular complexity index is 1090. The van der Waals surface area contributed by atoms with Crippen LogP contribution in [-0.4, -0.2) is 18.7 Å². The number of ether oxygens (including phenoxy) is 2. The molecule has 0 saturated heterocycles. The summed E-state index contributed by atoms with van der Waals surface area (Å²) in [6, 6.07) is 16.4. The summed E-state index contributed by atoms with van der Waals surface area (Å²) in [4.78, 5) is 12.1. The lowest BCUT2D eigenvalue weighted by atomic mass is 10.2. The minimum atomic E-state index is -0.359. The van der Waals surface area contributed by atoms with Crippen molar-refractivity contribution in [1.29, 1.82) is 0 Å². The zero-order valence-corrected chi connectivity index (χ0v) is 18.9. The van der Waals surface area contributed by atoms with Gasteiger partial charge in [0.1, 0.15) is 12.4 Å². The number of carbonyl (C=O) groups is 1. The van der Waals surface area contributed by atoms with Gasteiger partial charge in [0, 0.05) is 16.1 Å². The molecular formula is C23H19BrClFN2O3. The van der Waals surface area contributed by atoms with Gasteiger partial charge >= 0.3 is 0 Å². The molecule has 0 unspecified atom stereocenters. The number of benzene rings is 3. The van der Waals surface area contributed by atoms with Crippen molar-refractivity contribution in [2.24, 2.45) is 5.10 Å². The van der Waals surface area contributed by atoms with Gasteiger partial charge in [-0.15, -0.1) is 0 Å². The van der Waals surface area contributed by atoms with E-state index in [0.717, 1.165) is 0 Å². The highest BCUT2D eigenvalue weighted by Crippen LogP contribution is 2.37. The third kappa shape index (κ3) is 6.29. The molecule has 1 amide bonds. The predicted octanol–water partition coefficient (Wildman–Crippen LogP) is 5.98. The molecule has 0 atom stereocenters. The van der Waals surface area contributed by atoms with Crippen LogP contribution in [0.4, 0.5) is 4.39 Å². The smallest absolute Gasteiger partial charge is 0.271 e. The number of rotatable bonds is 8. The fourth-order valence-corrected chi connectivity index (χ4v) is 3.36. The van der Waals surface area contributed by atoms with E-state index in [4.69, 9.17) is 21.1 Å². The molecule has 0 fully saturated rings. The average molecular weight is 506 g/mol. The zero-order valence-electron chi connectivity index (χ0n) is 16.6. The number of hydrazone groups is 1. The Hall–Kier alpha value is -2.90. The zero-order chi connectivity index (χ0) is 22.2. The maximum Gasteiger partial charge on any atom is 0.271 e. The van der Waals surface area contributed by atoms with Crippen molar-refractivity contribution in [1.82, 2.24) is 5.43 Å². The highest BCUT2D eigenvalue weighted by atomic mass is 79.9. The third-order valence-corrected chi connectivity index (χ3v) is 4.99. The van der Waals surface area contributed by atoms with Crippen LogP contribution in [0.1, 0.15) is 28.4 Å². The van der Waals surface area contributed by atoms with Crippen molar-refractivity contribution >= 4 is 39.7 Å². The Morgan fingerprint density at radius 2 is 1.90 bits per heavy atom. The summed E-state index contributed by atoms with van der Waals surface area (Å²) in [6.07, 6.45) is 1.49. The molecule has 8 heteroatoms. The first-order valence-electron chi connectivity index (χ1n) is 9.39. The van der Waals surface area contributed by atoms with Gasteiger partial charge in [-0.2, -0.15) is 5.10 Å². The van der Waals surface area contributed by atoms with Crippen LogP contribution >= 0.6 is 27.5 Å². The molecule has 1 N–H and O–H groups in total. The Kier molecular flexibility index (Phi) is 8.03. The summed E-state index contributed by atoms with van der Waals surface area (Å²) in [5.74, 6) is 0.227. The Balaban J connectivity index is 1.73. The van der Waals surface area contributed by atoms with Crippen LogP contribution in [0.25, 0.3) is 0 Å². The second-order valence-corrected chi connectivity index (χ2v) is 7.64. The van der Waals surface area contributed by atoms with Crippen LogP contribution in [0.2, 0.25) is 5.02 Å². The number of nitrogens with one attached hydrogen (secondary N) is 1. The number of carbonyl (C=O) groups excluding carboxylic acids is 1. The van der Waals surface area contributed by atoms with E-state index in [9.17, 15) is 9.18 Å². The molecule has 0 heterocycles. The molecule has 3 rings (SSSR count). The van der Waals surface area contributed by atoms with Crippen molar-refractivity contribution in [3.05, 3.63) is 92.7 Å². The minimum absolute atomic E-state index is 0.0515. The van der Waals surface area contributed by atoms with Gasteiger partial charge in [0.15, 0.2) is 11.5 Å². The van der Waals surface area contributed by atoms with Gasteiger partial charge < -0.3 is 9.47 Å². The number of nitrogens with zero attached hydrogens (tertiary/aromatic N) is 1. The topological polar surface area (TPSA) is 59.9 Å². The van der Waals surface area contributed by atoms with E-state index < -0.39 is 0 Å². The monoisotopic (exact) mass is 504 g/mol. The van der Waals surface area contributed by atoms with Crippen LogP contribution in [0, 0.1) is 5.82 Å². The molecule has 0 spiro atoms. The quantitative estimate of drug-likeness (QED) is 0.302. The van der Waals surface area contributed by atoms with E-state index in [1.807, 2.05) is 6.92 Å². The average Bonchev–Trinajstić information content (AvgIpc) is 2.75. The van der Waals surface area contributed by atoms with Gasteiger partial charge in [0.2, 0.25) is 0 Å². The molecule has 5 nitrogen and oxygen atoms in total. The van der Waals surface area contributed by atoms with Crippen LogP contribution in [0.3, 0.4) is 0 Å². The van der Waals surface area contributed by atoms with E-state index >= 15 is 0 Å². The third-order valence-electron chi connectivity index (χ3n) is 4.15. The van der Waals surface area contributed by atoms with Crippen LogP contribution < -0.4 is 14.9 Å². The number of amides is 1. The van der Waals surface area contributed by atoms with E-state index in [0.29, 0.717) is 44.3 Å². The highest BCUT2D eigenvalue weighted by Gasteiger charge is 2.13. The largest absolute Gasteiger partial charge is 0.490 e. The molecule has 3 aromatic carbocycles.